The van der Waals surface area contributed by atoms with Gasteiger partial charge in [-0.25, -0.2) is 9.78 Å². The van der Waals surface area contributed by atoms with E-state index in [4.69, 9.17) is 16.0 Å². The standard InChI is InChI=1S/C27H25ClN6O4/c1-13-10-16(15(3)30-19-7-8-21(28)31-22(19)26-32-27(36)38-33-26)25-17(11-13)23(35)14(2)24(37-25)18-12-29-34-9-5-4-6-20(18)34/h7-8,10-12,15,30H,4-6,9H2,1-3H3,(H,32,33,36)/t15-/m1/s1. The van der Waals surface area contributed by atoms with E-state index in [0.717, 1.165) is 48.2 Å². The highest BCUT2D eigenvalue weighted by Gasteiger charge is 2.24. The zero-order chi connectivity index (χ0) is 26.6. The second kappa shape index (κ2) is 9.29. The number of nitrogens with one attached hydrogen (secondary N) is 2. The number of hydrogen-bond donors (Lipinski definition) is 2. The first-order chi connectivity index (χ1) is 18.3. The van der Waals surface area contributed by atoms with Crippen molar-refractivity contribution in [2.45, 2.75) is 52.6 Å². The largest absolute Gasteiger partial charge is 0.455 e. The van der Waals surface area contributed by atoms with Crippen LogP contribution in [0.15, 0.2) is 49.0 Å². The van der Waals surface area contributed by atoms with Crippen molar-refractivity contribution in [1.29, 1.82) is 0 Å². The number of benzene rings is 1. The lowest BCUT2D eigenvalue weighted by Crippen LogP contribution is -2.14. The van der Waals surface area contributed by atoms with Gasteiger partial charge in [-0.2, -0.15) is 5.10 Å². The third-order valence-corrected chi connectivity index (χ3v) is 7.19. The van der Waals surface area contributed by atoms with E-state index in [1.54, 1.807) is 18.3 Å². The van der Waals surface area contributed by atoms with Gasteiger partial charge >= 0.3 is 5.76 Å². The van der Waals surface area contributed by atoms with Crippen molar-refractivity contribution in [1.82, 2.24) is 24.9 Å². The van der Waals surface area contributed by atoms with Gasteiger partial charge in [-0.05, 0) is 63.8 Å². The van der Waals surface area contributed by atoms with Crippen LogP contribution in [0.4, 0.5) is 5.69 Å². The number of hydrogen-bond acceptors (Lipinski definition) is 8. The lowest BCUT2D eigenvalue weighted by atomic mass is 9.98. The van der Waals surface area contributed by atoms with E-state index in [1.807, 2.05) is 37.6 Å². The molecule has 0 unspecified atom stereocenters. The first-order valence-corrected chi connectivity index (χ1v) is 12.8. The highest BCUT2D eigenvalue weighted by Crippen LogP contribution is 2.35. The summed E-state index contributed by atoms with van der Waals surface area (Å²) in [6.45, 7) is 6.58. The monoisotopic (exact) mass is 532 g/mol. The molecule has 1 aliphatic rings. The summed E-state index contributed by atoms with van der Waals surface area (Å²) in [5.74, 6) is 0.00572. The normalized spacial score (nSPS) is 14.0. The number of aromatic amines is 1. The molecule has 194 valence electrons. The smallest absolute Gasteiger partial charge is 0.439 e. The van der Waals surface area contributed by atoms with Crippen LogP contribution in [0.1, 0.15) is 48.2 Å². The van der Waals surface area contributed by atoms with E-state index in [-0.39, 0.29) is 22.4 Å². The van der Waals surface area contributed by atoms with Crippen molar-refractivity contribution >= 4 is 28.3 Å². The van der Waals surface area contributed by atoms with E-state index in [9.17, 15) is 9.59 Å². The van der Waals surface area contributed by atoms with Gasteiger partial charge < -0.3 is 9.73 Å². The lowest BCUT2D eigenvalue weighted by Gasteiger charge is -2.20. The Bertz CT molecular complexity index is 1810. The molecule has 5 heterocycles. The van der Waals surface area contributed by atoms with Crippen LogP contribution in [0, 0.1) is 13.8 Å². The lowest BCUT2D eigenvalue weighted by molar-refractivity contribution is 0.388. The van der Waals surface area contributed by atoms with Crippen LogP contribution in [0.5, 0.6) is 0 Å². The molecule has 2 N–H and O–H groups in total. The fraction of sp³-hybridized carbons (Fsp3) is 0.296. The number of pyridine rings is 1. The molecule has 0 amide bonds. The number of halogens is 1. The highest BCUT2D eigenvalue weighted by molar-refractivity contribution is 6.29. The Morgan fingerprint density at radius 1 is 1.18 bits per heavy atom. The maximum atomic E-state index is 13.6. The quantitative estimate of drug-likeness (QED) is 0.296. The number of anilines is 1. The minimum atomic E-state index is -0.697. The number of aryl methyl sites for hydroxylation is 2. The molecule has 0 radical (unpaired) electrons. The van der Waals surface area contributed by atoms with Crippen LogP contribution in [0.25, 0.3) is 33.8 Å². The van der Waals surface area contributed by atoms with Crippen molar-refractivity contribution < 1.29 is 8.94 Å². The van der Waals surface area contributed by atoms with Gasteiger partial charge in [-0.1, -0.05) is 22.8 Å². The van der Waals surface area contributed by atoms with E-state index < -0.39 is 5.76 Å². The molecule has 1 aromatic carbocycles. The molecule has 1 atom stereocenters. The van der Waals surface area contributed by atoms with Crippen LogP contribution in [-0.2, 0) is 13.0 Å². The molecule has 0 saturated carbocycles. The summed E-state index contributed by atoms with van der Waals surface area (Å²) in [6, 6.07) is 6.92. The number of nitrogens with zero attached hydrogens (tertiary/aromatic N) is 4. The molecule has 0 fully saturated rings. The Labute approximate surface area is 221 Å². The van der Waals surface area contributed by atoms with Crippen LogP contribution in [-0.4, -0.2) is 24.9 Å². The first kappa shape index (κ1) is 24.2. The first-order valence-electron chi connectivity index (χ1n) is 12.4. The molecule has 10 nitrogen and oxygen atoms in total. The molecule has 11 heteroatoms. The Hall–Kier alpha value is -4.18. The van der Waals surface area contributed by atoms with Crippen LogP contribution in [0.2, 0.25) is 5.15 Å². The Morgan fingerprint density at radius 3 is 2.82 bits per heavy atom. The zero-order valence-electron chi connectivity index (χ0n) is 21.1. The average molecular weight is 533 g/mol. The van der Waals surface area contributed by atoms with Crippen molar-refractivity contribution in [3.8, 4) is 22.8 Å². The summed E-state index contributed by atoms with van der Waals surface area (Å²) in [6.07, 6.45) is 4.86. The van der Waals surface area contributed by atoms with Crippen molar-refractivity contribution in [2.75, 3.05) is 5.32 Å². The van der Waals surface area contributed by atoms with Crippen LogP contribution >= 0.6 is 11.6 Å². The third-order valence-electron chi connectivity index (χ3n) is 6.98. The van der Waals surface area contributed by atoms with Crippen LogP contribution in [0.3, 0.4) is 0 Å². The van der Waals surface area contributed by atoms with Gasteiger partial charge in [0, 0.05) is 23.4 Å². The summed E-state index contributed by atoms with van der Waals surface area (Å²) in [4.78, 5) is 32.0. The Morgan fingerprint density at radius 2 is 2.03 bits per heavy atom. The summed E-state index contributed by atoms with van der Waals surface area (Å²) in [5, 5.41) is 12.5. The molecule has 38 heavy (non-hydrogen) atoms. The molecule has 0 aliphatic carbocycles. The molecular weight excluding hydrogens is 508 g/mol. The van der Waals surface area contributed by atoms with Gasteiger partial charge in [0.1, 0.15) is 22.2 Å². The van der Waals surface area contributed by atoms with E-state index >= 15 is 0 Å². The maximum absolute atomic E-state index is 13.6. The highest BCUT2D eigenvalue weighted by atomic mass is 35.5. The third kappa shape index (κ3) is 4.10. The molecule has 4 aromatic heterocycles. The predicted octanol–water partition coefficient (Wildman–Crippen LogP) is 5.17. The van der Waals surface area contributed by atoms with Gasteiger partial charge in [-0.15, -0.1) is 0 Å². The summed E-state index contributed by atoms with van der Waals surface area (Å²) in [7, 11) is 0. The molecule has 0 spiro atoms. The van der Waals surface area contributed by atoms with Gasteiger partial charge in [-0.3, -0.25) is 19.0 Å². The Kier molecular flexibility index (Phi) is 5.91. The minimum Gasteiger partial charge on any atom is -0.455 e. The zero-order valence-corrected chi connectivity index (χ0v) is 21.8. The number of rotatable bonds is 5. The summed E-state index contributed by atoms with van der Waals surface area (Å²) < 4.78 is 13.2. The molecule has 5 aromatic rings. The number of fused-ring (bicyclic) bond motifs is 2. The maximum Gasteiger partial charge on any atom is 0.439 e. The fourth-order valence-electron chi connectivity index (χ4n) is 5.13. The average Bonchev–Trinajstić information content (AvgIpc) is 3.53. The van der Waals surface area contributed by atoms with Gasteiger partial charge in [0.25, 0.3) is 0 Å². The predicted molar refractivity (Wildman–Crippen MR) is 144 cm³/mol. The summed E-state index contributed by atoms with van der Waals surface area (Å²) >= 11 is 6.13. The van der Waals surface area contributed by atoms with Gasteiger partial charge in [0.15, 0.2) is 5.43 Å². The van der Waals surface area contributed by atoms with E-state index in [2.05, 4.69) is 30.1 Å². The molecule has 0 bridgehead atoms. The molecular formula is C27H25ClN6O4. The topological polar surface area (TPSA) is 132 Å². The van der Waals surface area contributed by atoms with Crippen molar-refractivity contribution in [2.24, 2.45) is 0 Å². The van der Waals surface area contributed by atoms with Gasteiger partial charge in [0.05, 0.1) is 28.9 Å². The summed E-state index contributed by atoms with van der Waals surface area (Å²) in [5.41, 5.74) is 5.60. The van der Waals surface area contributed by atoms with E-state index in [1.165, 1.54) is 0 Å². The molecule has 6 rings (SSSR count). The number of H-pyrrole nitrogens is 1. The Balaban J connectivity index is 1.48. The number of aromatic nitrogens is 5. The second-order valence-electron chi connectivity index (χ2n) is 9.64. The molecule has 0 saturated heterocycles. The van der Waals surface area contributed by atoms with Crippen LogP contribution < -0.4 is 16.5 Å². The minimum absolute atomic E-state index is 0.0665. The fourth-order valence-corrected chi connectivity index (χ4v) is 5.28. The molecule has 1 aliphatic heterocycles. The van der Waals surface area contributed by atoms with Crippen molar-refractivity contribution in [3.05, 3.63) is 78.8 Å². The van der Waals surface area contributed by atoms with E-state index in [0.29, 0.717) is 33.7 Å². The van der Waals surface area contributed by atoms with Crippen molar-refractivity contribution in [3.63, 3.8) is 0 Å². The van der Waals surface area contributed by atoms with Gasteiger partial charge in [0.2, 0.25) is 5.82 Å². The second-order valence-corrected chi connectivity index (χ2v) is 10.0. The SMILES string of the molecule is Cc1cc([C@@H](C)Nc2ccc(Cl)nc2-c2noc(=O)[nH]2)c2oc(-c3cnn4c3CCCC4)c(C)c(=O)c2c1.